The monoisotopic (exact) mass is 529 g/mol. The predicted octanol–water partition coefficient (Wildman–Crippen LogP) is 5.68. The van der Waals surface area contributed by atoms with Crippen molar-refractivity contribution in [2.24, 2.45) is 0 Å². The molecule has 1 atom stereocenters. The number of carbonyl (C=O) groups is 1. The number of anilines is 1. The number of nitrogens with one attached hydrogen (secondary N) is 2. The molecule has 4 heterocycles. The zero-order valence-corrected chi connectivity index (χ0v) is 23.1. The molecule has 1 saturated heterocycles. The Hall–Kier alpha value is -4.21. The van der Waals surface area contributed by atoms with Crippen LogP contribution in [0.2, 0.25) is 0 Å². The summed E-state index contributed by atoms with van der Waals surface area (Å²) in [5.41, 5.74) is 3.80. The highest BCUT2D eigenvalue weighted by Crippen LogP contribution is 2.31. The summed E-state index contributed by atoms with van der Waals surface area (Å²) in [7, 11) is 0. The van der Waals surface area contributed by atoms with E-state index in [1.54, 1.807) is 29.7 Å². The smallest absolute Gasteiger partial charge is 0.410 e. The SMILES string of the molecule is CC(C)Oc1cncc(-c2ccc3[nH]cc(-c4cncc(N[C@@H]5CCCN(C(=O)OC(C)(C)C)C5)n4)c3c2)n1. The number of fused-ring (bicyclic) bond motifs is 1. The maximum atomic E-state index is 12.6. The number of benzene rings is 1. The van der Waals surface area contributed by atoms with Crippen LogP contribution in [0, 0.1) is 0 Å². The van der Waals surface area contributed by atoms with Gasteiger partial charge in [0.2, 0.25) is 5.88 Å². The molecule has 3 aromatic heterocycles. The Morgan fingerprint density at radius 2 is 1.90 bits per heavy atom. The number of likely N-dealkylation sites (tertiary alicyclic amines) is 1. The van der Waals surface area contributed by atoms with Crippen molar-refractivity contribution in [3.05, 3.63) is 49.2 Å². The number of nitrogens with zero attached hydrogens (tertiary/aromatic N) is 5. The van der Waals surface area contributed by atoms with Crippen LogP contribution in [0.5, 0.6) is 5.88 Å². The fourth-order valence-corrected chi connectivity index (χ4v) is 4.64. The quantitative estimate of drug-likeness (QED) is 0.327. The van der Waals surface area contributed by atoms with Crippen molar-refractivity contribution < 1.29 is 14.3 Å². The zero-order valence-electron chi connectivity index (χ0n) is 23.1. The lowest BCUT2D eigenvalue weighted by Crippen LogP contribution is -2.47. The van der Waals surface area contributed by atoms with Gasteiger partial charge in [-0.25, -0.2) is 14.8 Å². The summed E-state index contributed by atoms with van der Waals surface area (Å²) < 4.78 is 11.3. The Labute approximate surface area is 228 Å². The van der Waals surface area contributed by atoms with E-state index in [1.807, 2.05) is 52.9 Å². The molecule has 10 heteroatoms. The summed E-state index contributed by atoms with van der Waals surface area (Å²) >= 11 is 0. The van der Waals surface area contributed by atoms with Gasteiger partial charge >= 0.3 is 6.09 Å². The molecule has 10 nitrogen and oxygen atoms in total. The molecule has 1 fully saturated rings. The van der Waals surface area contributed by atoms with Gasteiger partial charge in [0.1, 0.15) is 11.4 Å². The first-order chi connectivity index (χ1) is 18.6. The van der Waals surface area contributed by atoms with Crippen LogP contribution in [0.25, 0.3) is 33.4 Å². The maximum Gasteiger partial charge on any atom is 0.410 e. The van der Waals surface area contributed by atoms with E-state index in [0.717, 1.165) is 46.3 Å². The number of aromatic amines is 1. The fourth-order valence-electron chi connectivity index (χ4n) is 4.64. The van der Waals surface area contributed by atoms with E-state index in [0.29, 0.717) is 24.8 Å². The van der Waals surface area contributed by atoms with Gasteiger partial charge < -0.3 is 24.7 Å². The van der Waals surface area contributed by atoms with Gasteiger partial charge in [0.05, 0.1) is 42.3 Å². The molecule has 0 unspecified atom stereocenters. The Morgan fingerprint density at radius 1 is 1.10 bits per heavy atom. The van der Waals surface area contributed by atoms with Crippen LogP contribution in [0.15, 0.2) is 49.2 Å². The lowest BCUT2D eigenvalue weighted by molar-refractivity contribution is 0.0206. The highest BCUT2D eigenvalue weighted by atomic mass is 16.6. The van der Waals surface area contributed by atoms with Crippen LogP contribution < -0.4 is 10.1 Å². The zero-order chi connectivity index (χ0) is 27.6. The number of aromatic nitrogens is 5. The van der Waals surface area contributed by atoms with Crippen LogP contribution in [0.4, 0.5) is 10.6 Å². The number of hydrogen-bond donors (Lipinski definition) is 2. The van der Waals surface area contributed by atoms with Crippen molar-refractivity contribution in [2.75, 3.05) is 18.4 Å². The number of amides is 1. The summed E-state index contributed by atoms with van der Waals surface area (Å²) in [4.78, 5) is 35.9. The summed E-state index contributed by atoms with van der Waals surface area (Å²) in [6.07, 6.45) is 10.3. The molecule has 39 heavy (non-hydrogen) atoms. The molecular formula is C29H35N7O3. The summed E-state index contributed by atoms with van der Waals surface area (Å²) in [5, 5.41) is 4.48. The van der Waals surface area contributed by atoms with E-state index in [9.17, 15) is 4.79 Å². The summed E-state index contributed by atoms with van der Waals surface area (Å²) in [6, 6.07) is 6.17. The third-order valence-electron chi connectivity index (χ3n) is 6.28. The highest BCUT2D eigenvalue weighted by molar-refractivity contribution is 5.97. The lowest BCUT2D eigenvalue weighted by atomic mass is 10.1. The Balaban J connectivity index is 1.36. The first kappa shape index (κ1) is 26.4. The van der Waals surface area contributed by atoms with Gasteiger partial charge in [0.15, 0.2) is 0 Å². The molecule has 0 aliphatic carbocycles. The molecule has 1 aliphatic heterocycles. The van der Waals surface area contributed by atoms with Gasteiger partial charge in [-0.15, -0.1) is 0 Å². The molecule has 1 aromatic carbocycles. The largest absolute Gasteiger partial charge is 0.474 e. The van der Waals surface area contributed by atoms with Crippen LogP contribution >= 0.6 is 0 Å². The average molecular weight is 530 g/mol. The number of rotatable bonds is 6. The van der Waals surface area contributed by atoms with Crippen molar-refractivity contribution in [1.82, 2.24) is 29.8 Å². The first-order valence-electron chi connectivity index (χ1n) is 13.3. The van der Waals surface area contributed by atoms with Crippen LogP contribution in [-0.4, -0.2) is 66.7 Å². The highest BCUT2D eigenvalue weighted by Gasteiger charge is 2.28. The number of ether oxygens (including phenoxy) is 2. The van der Waals surface area contributed by atoms with Crippen molar-refractivity contribution >= 4 is 22.8 Å². The van der Waals surface area contributed by atoms with Crippen molar-refractivity contribution in [3.63, 3.8) is 0 Å². The van der Waals surface area contributed by atoms with Gasteiger partial charge in [0, 0.05) is 47.4 Å². The summed E-state index contributed by atoms with van der Waals surface area (Å²) in [6.45, 7) is 10.8. The first-order valence-corrected chi connectivity index (χ1v) is 13.3. The molecule has 0 spiro atoms. The number of piperidine rings is 1. The third kappa shape index (κ3) is 6.45. The topological polar surface area (TPSA) is 118 Å². The number of carbonyl (C=O) groups excluding carboxylic acids is 1. The average Bonchev–Trinajstić information content (AvgIpc) is 3.31. The molecule has 2 N–H and O–H groups in total. The van der Waals surface area contributed by atoms with E-state index in [4.69, 9.17) is 14.5 Å². The van der Waals surface area contributed by atoms with E-state index in [1.165, 1.54) is 0 Å². The minimum absolute atomic E-state index is 0.0155. The Kier molecular flexibility index (Phi) is 7.36. The Morgan fingerprint density at radius 3 is 2.69 bits per heavy atom. The second-order valence-electron chi connectivity index (χ2n) is 11.1. The molecule has 0 bridgehead atoms. The van der Waals surface area contributed by atoms with Gasteiger partial charge in [-0.05, 0) is 59.6 Å². The van der Waals surface area contributed by atoms with Gasteiger partial charge in [-0.2, -0.15) is 0 Å². The predicted molar refractivity (Wildman–Crippen MR) is 151 cm³/mol. The van der Waals surface area contributed by atoms with Gasteiger partial charge in [0.25, 0.3) is 0 Å². The molecular weight excluding hydrogens is 494 g/mol. The van der Waals surface area contributed by atoms with E-state index in [-0.39, 0.29) is 18.2 Å². The summed E-state index contributed by atoms with van der Waals surface area (Å²) in [5.74, 6) is 1.16. The van der Waals surface area contributed by atoms with Crippen LogP contribution in [-0.2, 0) is 4.74 Å². The van der Waals surface area contributed by atoms with E-state index in [2.05, 4.69) is 31.3 Å². The molecule has 5 rings (SSSR count). The number of H-pyrrole nitrogens is 1. The fraction of sp³-hybridized carbons (Fsp3) is 0.414. The standard InChI is InChI=1S/C29H35N7O3/c1-18(2)38-27-16-31-13-24(35-27)19-8-9-23-21(11-19)22(12-32-23)25-14-30-15-26(34-25)33-20-7-6-10-36(17-20)28(37)39-29(3,4)5/h8-9,11-16,18,20,32H,6-7,10,17H2,1-5H3,(H,33,34)/t20-/m1/s1. The van der Waals surface area contributed by atoms with E-state index >= 15 is 0 Å². The maximum absolute atomic E-state index is 12.6. The van der Waals surface area contributed by atoms with Crippen molar-refractivity contribution in [2.45, 2.75) is 65.2 Å². The molecule has 1 amide bonds. The van der Waals surface area contributed by atoms with Crippen molar-refractivity contribution in [3.8, 4) is 28.4 Å². The minimum atomic E-state index is -0.520. The molecule has 4 aromatic rings. The molecule has 1 aliphatic rings. The molecule has 204 valence electrons. The van der Waals surface area contributed by atoms with Crippen LogP contribution in [0.3, 0.4) is 0 Å². The van der Waals surface area contributed by atoms with E-state index < -0.39 is 5.60 Å². The second kappa shape index (κ2) is 10.9. The lowest BCUT2D eigenvalue weighted by Gasteiger charge is -2.34. The van der Waals surface area contributed by atoms with Gasteiger partial charge in [-0.1, -0.05) is 6.07 Å². The van der Waals surface area contributed by atoms with Gasteiger partial charge in [-0.3, -0.25) is 9.97 Å². The normalized spacial score (nSPS) is 15.9. The minimum Gasteiger partial charge on any atom is -0.474 e. The Bertz CT molecular complexity index is 1460. The second-order valence-corrected chi connectivity index (χ2v) is 11.1. The van der Waals surface area contributed by atoms with Crippen LogP contribution in [0.1, 0.15) is 47.5 Å². The molecule has 0 saturated carbocycles. The molecule has 0 radical (unpaired) electrons. The third-order valence-corrected chi connectivity index (χ3v) is 6.28. The van der Waals surface area contributed by atoms with Crippen molar-refractivity contribution in [1.29, 1.82) is 0 Å². The number of hydrogen-bond acceptors (Lipinski definition) is 8.